The molecule has 0 saturated heterocycles. The Morgan fingerprint density at radius 1 is 1.38 bits per heavy atom. The summed E-state index contributed by atoms with van der Waals surface area (Å²) in [6, 6.07) is 6.01. The van der Waals surface area contributed by atoms with Crippen molar-refractivity contribution >= 4 is 24.0 Å². The van der Waals surface area contributed by atoms with Crippen molar-refractivity contribution < 1.29 is 0 Å². The molecule has 2 N–H and O–H groups in total. The molecule has 72 valence electrons. The number of rotatable bonds is 2. The zero-order valence-electron chi connectivity index (χ0n) is 7.29. The number of halogens is 2. The Balaban J connectivity index is 0.000000845. The maximum Gasteiger partial charge on any atom is 0.0409 e. The first-order valence-electron chi connectivity index (χ1n) is 4.29. The van der Waals surface area contributed by atoms with Crippen LogP contribution in [0.15, 0.2) is 18.2 Å². The Labute approximate surface area is 89.7 Å². The number of nitrogens with two attached hydrogens (primary N) is 1. The molecule has 1 aliphatic carbocycles. The maximum atomic E-state index is 5.90. The molecule has 3 heteroatoms. The highest BCUT2D eigenvalue weighted by Gasteiger charge is 2.25. The lowest BCUT2D eigenvalue weighted by Crippen LogP contribution is -2.00. The number of hydrogen-bond donors (Lipinski definition) is 1. The first-order valence-corrected chi connectivity index (χ1v) is 4.67. The minimum atomic E-state index is 0. The highest BCUT2D eigenvalue weighted by Crippen LogP contribution is 2.42. The molecule has 0 atom stereocenters. The smallest absolute Gasteiger partial charge is 0.0409 e. The van der Waals surface area contributed by atoms with E-state index < -0.39 is 0 Å². The van der Waals surface area contributed by atoms with Gasteiger partial charge in [0, 0.05) is 11.6 Å². The molecule has 1 aromatic rings. The molecule has 0 aromatic heterocycles. The fourth-order valence-corrected chi connectivity index (χ4v) is 1.71. The van der Waals surface area contributed by atoms with Gasteiger partial charge in [-0.1, -0.05) is 17.7 Å². The molecule has 0 aliphatic heterocycles. The second kappa shape index (κ2) is 4.32. The van der Waals surface area contributed by atoms with Crippen LogP contribution in [0, 0.1) is 0 Å². The van der Waals surface area contributed by atoms with Crippen LogP contribution < -0.4 is 5.73 Å². The van der Waals surface area contributed by atoms with Crippen LogP contribution >= 0.6 is 24.0 Å². The van der Waals surface area contributed by atoms with Gasteiger partial charge in [0.05, 0.1) is 0 Å². The molecular weight excluding hydrogens is 205 g/mol. The van der Waals surface area contributed by atoms with Gasteiger partial charge in [0.1, 0.15) is 0 Å². The van der Waals surface area contributed by atoms with Crippen LogP contribution in [-0.4, -0.2) is 0 Å². The standard InChI is InChI=1S/C10H12ClN.ClH/c11-9-4-3-8(6-12)10(5-9)7-1-2-7;/h3-5,7H,1-2,6,12H2;1H. The molecule has 1 saturated carbocycles. The van der Waals surface area contributed by atoms with Gasteiger partial charge in [-0.3, -0.25) is 0 Å². The summed E-state index contributed by atoms with van der Waals surface area (Å²) in [5, 5.41) is 0.828. The number of benzene rings is 1. The summed E-state index contributed by atoms with van der Waals surface area (Å²) in [5.41, 5.74) is 8.24. The van der Waals surface area contributed by atoms with Crippen molar-refractivity contribution in [2.45, 2.75) is 25.3 Å². The van der Waals surface area contributed by atoms with E-state index in [0.29, 0.717) is 6.54 Å². The van der Waals surface area contributed by atoms with Gasteiger partial charge in [-0.15, -0.1) is 12.4 Å². The van der Waals surface area contributed by atoms with Crippen LogP contribution in [0.1, 0.15) is 29.9 Å². The van der Waals surface area contributed by atoms with Crippen molar-refractivity contribution in [2.24, 2.45) is 5.73 Å². The van der Waals surface area contributed by atoms with Crippen molar-refractivity contribution in [1.82, 2.24) is 0 Å². The van der Waals surface area contributed by atoms with Crippen molar-refractivity contribution in [1.29, 1.82) is 0 Å². The first-order chi connectivity index (χ1) is 5.81. The van der Waals surface area contributed by atoms with Crippen LogP contribution in [0.25, 0.3) is 0 Å². The summed E-state index contributed by atoms with van der Waals surface area (Å²) in [7, 11) is 0. The highest BCUT2D eigenvalue weighted by molar-refractivity contribution is 6.30. The summed E-state index contributed by atoms with van der Waals surface area (Å²) in [4.78, 5) is 0. The van der Waals surface area contributed by atoms with E-state index in [2.05, 4.69) is 6.07 Å². The molecule has 0 heterocycles. The summed E-state index contributed by atoms with van der Waals surface area (Å²) in [6.07, 6.45) is 2.60. The second-order valence-corrected chi connectivity index (χ2v) is 3.76. The number of hydrogen-bond acceptors (Lipinski definition) is 1. The first kappa shape index (κ1) is 10.8. The van der Waals surface area contributed by atoms with Gasteiger partial charge in [-0.05, 0) is 42.0 Å². The average Bonchev–Trinajstić information content (AvgIpc) is 2.87. The SMILES string of the molecule is Cl.NCc1ccc(Cl)cc1C1CC1. The molecule has 0 amide bonds. The highest BCUT2D eigenvalue weighted by atomic mass is 35.5. The van der Waals surface area contributed by atoms with Gasteiger partial charge in [-0.2, -0.15) is 0 Å². The molecule has 0 radical (unpaired) electrons. The normalized spacial score (nSPS) is 15.2. The summed E-state index contributed by atoms with van der Waals surface area (Å²) >= 11 is 5.90. The monoisotopic (exact) mass is 217 g/mol. The third-order valence-corrected chi connectivity index (χ3v) is 2.58. The summed E-state index contributed by atoms with van der Waals surface area (Å²) < 4.78 is 0. The van der Waals surface area contributed by atoms with E-state index in [1.807, 2.05) is 12.1 Å². The van der Waals surface area contributed by atoms with E-state index in [1.54, 1.807) is 0 Å². The predicted molar refractivity (Wildman–Crippen MR) is 58.6 cm³/mol. The van der Waals surface area contributed by atoms with Crippen LogP contribution in [0.2, 0.25) is 5.02 Å². The van der Waals surface area contributed by atoms with Crippen LogP contribution in [-0.2, 0) is 6.54 Å². The van der Waals surface area contributed by atoms with E-state index in [4.69, 9.17) is 17.3 Å². The van der Waals surface area contributed by atoms with Gasteiger partial charge >= 0.3 is 0 Å². The average molecular weight is 218 g/mol. The molecule has 1 nitrogen and oxygen atoms in total. The van der Waals surface area contributed by atoms with Crippen molar-refractivity contribution in [2.75, 3.05) is 0 Å². The molecule has 0 bridgehead atoms. The van der Waals surface area contributed by atoms with Crippen LogP contribution in [0.3, 0.4) is 0 Å². The van der Waals surface area contributed by atoms with E-state index in [1.165, 1.54) is 24.0 Å². The second-order valence-electron chi connectivity index (χ2n) is 3.32. The van der Waals surface area contributed by atoms with Crippen LogP contribution in [0.5, 0.6) is 0 Å². The van der Waals surface area contributed by atoms with Gasteiger partial charge in [0.25, 0.3) is 0 Å². The Kier molecular flexibility index (Phi) is 3.60. The fraction of sp³-hybridized carbons (Fsp3) is 0.400. The molecular formula is C10H13Cl2N. The molecule has 0 spiro atoms. The summed E-state index contributed by atoms with van der Waals surface area (Å²) in [6.45, 7) is 0.628. The zero-order valence-corrected chi connectivity index (χ0v) is 8.87. The largest absolute Gasteiger partial charge is 0.326 e. The van der Waals surface area contributed by atoms with Gasteiger partial charge in [0.2, 0.25) is 0 Å². The fourth-order valence-electron chi connectivity index (χ4n) is 1.53. The molecule has 1 aliphatic rings. The molecule has 1 aromatic carbocycles. The lowest BCUT2D eigenvalue weighted by molar-refractivity contribution is 0.997. The Morgan fingerprint density at radius 2 is 2.08 bits per heavy atom. The minimum absolute atomic E-state index is 0. The lowest BCUT2D eigenvalue weighted by Gasteiger charge is -2.05. The lowest BCUT2D eigenvalue weighted by atomic mass is 10.0. The maximum absolute atomic E-state index is 5.90. The molecule has 2 rings (SSSR count). The zero-order chi connectivity index (χ0) is 8.55. The van der Waals surface area contributed by atoms with E-state index in [9.17, 15) is 0 Å². The topological polar surface area (TPSA) is 26.0 Å². The third kappa shape index (κ3) is 2.37. The quantitative estimate of drug-likeness (QED) is 0.810. The Hall–Kier alpha value is -0.240. The van der Waals surface area contributed by atoms with Crippen LogP contribution in [0.4, 0.5) is 0 Å². The van der Waals surface area contributed by atoms with E-state index >= 15 is 0 Å². The van der Waals surface area contributed by atoms with Crippen molar-refractivity contribution in [3.63, 3.8) is 0 Å². The molecule has 0 unspecified atom stereocenters. The van der Waals surface area contributed by atoms with Gasteiger partial charge < -0.3 is 5.73 Å². The van der Waals surface area contributed by atoms with Gasteiger partial charge in [-0.25, -0.2) is 0 Å². The summed E-state index contributed by atoms with van der Waals surface area (Å²) in [5.74, 6) is 0.738. The molecule has 1 fully saturated rings. The minimum Gasteiger partial charge on any atom is -0.326 e. The predicted octanol–water partition coefficient (Wildman–Crippen LogP) is 3.10. The third-order valence-electron chi connectivity index (χ3n) is 2.35. The van der Waals surface area contributed by atoms with E-state index in [0.717, 1.165) is 10.9 Å². The molecule has 13 heavy (non-hydrogen) atoms. The Bertz CT molecular complexity index is 295. The Morgan fingerprint density at radius 3 is 2.62 bits per heavy atom. The van der Waals surface area contributed by atoms with E-state index in [-0.39, 0.29) is 12.4 Å². The van der Waals surface area contributed by atoms with Crippen molar-refractivity contribution in [3.05, 3.63) is 34.3 Å². The van der Waals surface area contributed by atoms with Gasteiger partial charge in [0.15, 0.2) is 0 Å². The van der Waals surface area contributed by atoms with Crippen molar-refractivity contribution in [3.8, 4) is 0 Å².